The van der Waals surface area contributed by atoms with Crippen LogP contribution in [0.5, 0.6) is 0 Å². The first-order valence-electron chi connectivity index (χ1n) is 2.99. The van der Waals surface area contributed by atoms with Gasteiger partial charge in [-0.15, -0.1) is 0 Å². The van der Waals surface area contributed by atoms with Crippen molar-refractivity contribution in [3.63, 3.8) is 0 Å². The Morgan fingerprint density at radius 1 is 1.30 bits per heavy atom. The predicted octanol–water partition coefficient (Wildman–Crippen LogP) is 1.78. The monoisotopic (exact) mass is 136 g/mol. The smallest absolute Gasteiger partial charge is 0.0177 e. The van der Waals surface area contributed by atoms with E-state index in [9.17, 15) is 0 Å². The molecule has 10 heavy (non-hydrogen) atoms. The summed E-state index contributed by atoms with van der Waals surface area (Å²) in [5.74, 6) is 0. The van der Waals surface area contributed by atoms with Crippen LogP contribution in [-0.2, 0) is 0 Å². The molecule has 0 heterocycles. The highest BCUT2D eigenvalue weighted by Crippen LogP contribution is 1.83. The molecule has 0 saturated heterocycles. The van der Waals surface area contributed by atoms with Crippen molar-refractivity contribution in [3.05, 3.63) is 37.2 Å². The normalized spacial score (nSPS) is 10.5. The van der Waals surface area contributed by atoms with Crippen LogP contribution < -0.4 is 0 Å². The summed E-state index contributed by atoms with van der Waals surface area (Å²) < 4.78 is 0. The molecule has 0 rings (SSSR count). The van der Waals surface area contributed by atoms with Crippen LogP contribution in [0.1, 0.15) is 0 Å². The molecule has 0 spiro atoms. The second-order valence-corrected chi connectivity index (χ2v) is 1.74. The Bertz CT molecular complexity index is 157. The van der Waals surface area contributed by atoms with E-state index in [2.05, 4.69) is 6.58 Å². The summed E-state index contributed by atoms with van der Waals surface area (Å²) in [5.41, 5.74) is 0. The summed E-state index contributed by atoms with van der Waals surface area (Å²) in [4.78, 5) is 1.83. The van der Waals surface area contributed by atoms with E-state index < -0.39 is 0 Å². The molecule has 0 atom stereocenters. The van der Waals surface area contributed by atoms with E-state index in [1.807, 2.05) is 24.2 Å². The largest absolute Gasteiger partial charge is 0.358 e. The van der Waals surface area contributed by atoms with Crippen LogP contribution in [0.15, 0.2) is 37.2 Å². The quantitative estimate of drug-likeness (QED) is 0.463. The number of nitrogens with one attached hydrogen (secondary N) is 1. The van der Waals surface area contributed by atoms with E-state index in [-0.39, 0.29) is 0 Å². The molecule has 0 aliphatic heterocycles. The van der Waals surface area contributed by atoms with Crippen molar-refractivity contribution in [1.29, 1.82) is 5.41 Å². The molecule has 54 valence electrons. The summed E-state index contributed by atoms with van der Waals surface area (Å²) in [7, 11) is 1.89. The lowest BCUT2D eigenvalue weighted by Gasteiger charge is -2.02. The van der Waals surface area contributed by atoms with Gasteiger partial charge < -0.3 is 10.3 Å². The van der Waals surface area contributed by atoms with Crippen molar-refractivity contribution in [2.45, 2.75) is 0 Å². The highest BCUT2D eigenvalue weighted by atomic mass is 15.0. The van der Waals surface area contributed by atoms with E-state index in [0.717, 1.165) is 0 Å². The highest BCUT2D eigenvalue weighted by Gasteiger charge is 1.73. The Labute approximate surface area is 61.7 Å². The van der Waals surface area contributed by atoms with Crippen molar-refractivity contribution in [3.8, 4) is 0 Å². The molecule has 0 aliphatic carbocycles. The fourth-order valence-corrected chi connectivity index (χ4v) is 0.366. The number of hydrogen-bond donors (Lipinski definition) is 1. The van der Waals surface area contributed by atoms with E-state index in [0.29, 0.717) is 0 Å². The molecule has 0 bridgehead atoms. The van der Waals surface area contributed by atoms with E-state index in [1.54, 1.807) is 18.4 Å². The minimum absolute atomic E-state index is 1.23. The van der Waals surface area contributed by atoms with E-state index >= 15 is 0 Å². The average molecular weight is 136 g/mol. The zero-order valence-corrected chi connectivity index (χ0v) is 6.12. The summed E-state index contributed by atoms with van der Waals surface area (Å²) in [6.07, 6.45) is 10.1. The van der Waals surface area contributed by atoms with Gasteiger partial charge in [-0.25, -0.2) is 0 Å². The van der Waals surface area contributed by atoms with Gasteiger partial charge in [0.15, 0.2) is 0 Å². The van der Waals surface area contributed by atoms with Gasteiger partial charge in [-0.3, -0.25) is 0 Å². The fraction of sp³-hybridized carbons (Fsp3) is 0.125. The standard InChI is InChI=1S/C8H12N2/c1-3-10(2)8-6-4-5-7-9/h3-9H,1H2,2H3. The lowest BCUT2D eigenvalue weighted by molar-refractivity contribution is 0.628. The van der Waals surface area contributed by atoms with Crippen molar-refractivity contribution < 1.29 is 0 Å². The third-order valence-corrected chi connectivity index (χ3v) is 0.928. The van der Waals surface area contributed by atoms with Gasteiger partial charge in [-0.05, 0) is 18.4 Å². The molecule has 0 amide bonds. The van der Waals surface area contributed by atoms with Crippen LogP contribution in [0.25, 0.3) is 0 Å². The summed E-state index contributed by atoms with van der Waals surface area (Å²) in [6, 6.07) is 0. The molecule has 0 radical (unpaired) electrons. The van der Waals surface area contributed by atoms with Crippen LogP contribution in [-0.4, -0.2) is 18.2 Å². The molecule has 0 aliphatic rings. The Morgan fingerprint density at radius 3 is 2.50 bits per heavy atom. The first-order valence-corrected chi connectivity index (χ1v) is 2.99. The predicted molar refractivity (Wildman–Crippen MR) is 45.0 cm³/mol. The fourth-order valence-electron chi connectivity index (χ4n) is 0.366. The van der Waals surface area contributed by atoms with Crippen LogP contribution in [0.4, 0.5) is 0 Å². The third kappa shape index (κ3) is 4.84. The second kappa shape index (κ2) is 5.82. The number of nitrogens with zero attached hydrogens (tertiary/aromatic N) is 1. The second-order valence-electron chi connectivity index (χ2n) is 1.74. The van der Waals surface area contributed by atoms with Gasteiger partial charge in [0.05, 0.1) is 0 Å². The maximum Gasteiger partial charge on any atom is 0.0177 e. The summed E-state index contributed by atoms with van der Waals surface area (Å²) in [5, 5.41) is 6.65. The van der Waals surface area contributed by atoms with Crippen LogP contribution in [0.3, 0.4) is 0 Å². The number of rotatable bonds is 4. The Hall–Kier alpha value is -1.31. The van der Waals surface area contributed by atoms with Crippen molar-refractivity contribution in [2.24, 2.45) is 0 Å². The lowest BCUT2D eigenvalue weighted by Crippen LogP contribution is -1.97. The zero-order chi connectivity index (χ0) is 7.82. The summed E-state index contributed by atoms with van der Waals surface area (Å²) >= 11 is 0. The van der Waals surface area contributed by atoms with Gasteiger partial charge >= 0.3 is 0 Å². The SMILES string of the molecule is C=CN(C)C=CC=CC=N. The minimum Gasteiger partial charge on any atom is -0.358 e. The van der Waals surface area contributed by atoms with Gasteiger partial charge in [-0.1, -0.05) is 12.7 Å². The maximum atomic E-state index is 6.65. The number of allylic oxidation sites excluding steroid dienone is 3. The molecule has 0 aromatic heterocycles. The van der Waals surface area contributed by atoms with Gasteiger partial charge in [0.25, 0.3) is 0 Å². The Kier molecular flexibility index (Phi) is 5.06. The summed E-state index contributed by atoms with van der Waals surface area (Å²) in [6.45, 7) is 3.57. The van der Waals surface area contributed by atoms with Crippen molar-refractivity contribution in [1.82, 2.24) is 4.90 Å². The average Bonchev–Trinajstić information content (AvgIpc) is 1.98. The molecule has 0 unspecified atom stereocenters. The van der Waals surface area contributed by atoms with Crippen LogP contribution >= 0.6 is 0 Å². The van der Waals surface area contributed by atoms with E-state index in [1.165, 1.54) is 6.21 Å². The minimum atomic E-state index is 1.23. The third-order valence-electron chi connectivity index (χ3n) is 0.928. The topological polar surface area (TPSA) is 27.1 Å². The molecule has 0 aromatic carbocycles. The van der Waals surface area contributed by atoms with Gasteiger partial charge in [0.2, 0.25) is 0 Å². The molecular formula is C8H12N2. The van der Waals surface area contributed by atoms with Gasteiger partial charge in [-0.2, -0.15) is 0 Å². The molecule has 1 N–H and O–H groups in total. The van der Waals surface area contributed by atoms with Gasteiger partial charge in [0, 0.05) is 19.5 Å². The van der Waals surface area contributed by atoms with Gasteiger partial charge in [0.1, 0.15) is 0 Å². The first kappa shape index (κ1) is 8.69. The van der Waals surface area contributed by atoms with Crippen molar-refractivity contribution in [2.75, 3.05) is 7.05 Å². The molecule has 0 fully saturated rings. The Balaban J connectivity index is 3.64. The van der Waals surface area contributed by atoms with E-state index in [4.69, 9.17) is 5.41 Å². The van der Waals surface area contributed by atoms with Crippen molar-refractivity contribution >= 4 is 6.21 Å². The first-order chi connectivity index (χ1) is 4.81. The molecule has 0 saturated carbocycles. The number of hydrogen-bond acceptors (Lipinski definition) is 2. The molecular weight excluding hydrogens is 124 g/mol. The zero-order valence-electron chi connectivity index (χ0n) is 6.12. The Morgan fingerprint density at radius 2 is 2.00 bits per heavy atom. The van der Waals surface area contributed by atoms with Crippen LogP contribution in [0, 0.1) is 5.41 Å². The molecule has 2 heteroatoms. The lowest BCUT2D eigenvalue weighted by atomic mass is 10.5. The molecule has 2 nitrogen and oxygen atoms in total. The van der Waals surface area contributed by atoms with Crippen LogP contribution in [0.2, 0.25) is 0 Å². The molecule has 0 aromatic rings. The highest BCUT2D eigenvalue weighted by molar-refractivity contribution is 5.68. The maximum absolute atomic E-state index is 6.65.